The van der Waals surface area contributed by atoms with Crippen LogP contribution in [0.3, 0.4) is 0 Å². The van der Waals surface area contributed by atoms with Crippen molar-refractivity contribution >= 4 is 17.5 Å². The van der Waals surface area contributed by atoms with E-state index in [2.05, 4.69) is 5.32 Å². The predicted octanol–water partition coefficient (Wildman–Crippen LogP) is 4.20. The molecule has 0 saturated heterocycles. The van der Waals surface area contributed by atoms with Crippen molar-refractivity contribution in [2.75, 3.05) is 40.3 Å². The molecule has 1 N–H and O–H groups in total. The number of ether oxygens (including phenoxy) is 4. The van der Waals surface area contributed by atoms with Gasteiger partial charge in [-0.3, -0.25) is 9.59 Å². The van der Waals surface area contributed by atoms with E-state index in [0.29, 0.717) is 52.8 Å². The third kappa shape index (κ3) is 3.79. The maximum absolute atomic E-state index is 14.0. The van der Waals surface area contributed by atoms with Crippen LogP contribution >= 0.6 is 0 Å². The predicted molar refractivity (Wildman–Crippen MR) is 134 cm³/mol. The number of carbonyl (C=O) groups is 2. The van der Waals surface area contributed by atoms with E-state index in [1.165, 1.54) is 0 Å². The molecule has 0 spiro atoms. The van der Waals surface area contributed by atoms with Crippen molar-refractivity contribution in [3.05, 3.63) is 76.9 Å². The molecule has 5 rings (SSSR count). The average Bonchev–Trinajstić information content (AvgIpc) is 2.92. The number of benzene rings is 3. The highest BCUT2D eigenvalue weighted by Gasteiger charge is 2.46. The number of anilines is 1. The van der Waals surface area contributed by atoms with E-state index in [1.54, 1.807) is 57.6 Å². The van der Waals surface area contributed by atoms with Gasteiger partial charge in [0.2, 0.25) is 5.91 Å². The molecule has 2 atom stereocenters. The Morgan fingerprint density at radius 1 is 0.861 bits per heavy atom. The first kappa shape index (κ1) is 23.5. The Balaban J connectivity index is 1.65. The zero-order valence-electron chi connectivity index (χ0n) is 20.7. The van der Waals surface area contributed by atoms with Gasteiger partial charge >= 0.3 is 0 Å². The second kappa shape index (κ2) is 9.45. The average molecular weight is 489 g/mol. The van der Waals surface area contributed by atoms with E-state index in [1.807, 2.05) is 30.3 Å². The molecule has 0 aromatic heterocycles. The summed E-state index contributed by atoms with van der Waals surface area (Å²) in [6.45, 7) is 0.493. The highest BCUT2D eigenvalue weighted by molar-refractivity contribution is 6.05. The Morgan fingerprint density at radius 2 is 1.58 bits per heavy atom. The Labute approximate surface area is 209 Å². The van der Waals surface area contributed by atoms with E-state index in [-0.39, 0.29) is 11.8 Å². The lowest BCUT2D eigenvalue weighted by Crippen LogP contribution is -2.49. The standard InChI is InChI=1S/C28H28N2O6/c1-33-17-9-10-22(34-2)21(14-17)29-27(31)25-18-7-5-6-8-19(18)28(32)30-12-11-16-13-23(35-3)24(36-4)15-20(16)26(25)30/h5-10,13-15,25-26H,11-12H2,1-4H3,(H,29,31)/t25-,26+/m0/s1. The molecule has 3 aromatic carbocycles. The number of fused-ring (bicyclic) bond motifs is 4. The number of nitrogens with zero attached hydrogens (tertiary/aromatic N) is 1. The summed E-state index contributed by atoms with van der Waals surface area (Å²) >= 11 is 0. The van der Waals surface area contributed by atoms with Crippen molar-refractivity contribution in [1.29, 1.82) is 0 Å². The van der Waals surface area contributed by atoms with Crippen molar-refractivity contribution in [1.82, 2.24) is 4.90 Å². The van der Waals surface area contributed by atoms with Crippen molar-refractivity contribution in [3.63, 3.8) is 0 Å². The quantitative estimate of drug-likeness (QED) is 0.560. The summed E-state index contributed by atoms with van der Waals surface area (Å²) in [4.78, 5) is 29.4. The van der Waals surface area contributed by atoms with Gasteiger partial charge in [0.1, 0.15) is 11.5 Å². The van der Waals surface area contributed by atoms with Crippen LogP contribution in [-0.4, -0.2) is 51.7 Å². The first-order valence-electron chi connectivity index (χ1n) is 11.7. The molecular formula is C28H28N2O6. The second-order valence-corrected chi connectivity index (χ2v) is 8.72. The van der Waals surface area contributed by atoms with Crippen molar-refractivity contribution in [2.24, 2.45) is 0 Å². The van der Waals surface area contributed by atoms with Crippen LogP contribution in [-0.2, 0) is 11.2 Å². The lowest BCUT2D eigenvalue weighted by atomic mass is 9.75. The van der Waals surface area contributed by atoms with E-state index < -0.39 is 12.0 Å². The third-order valence-corrected chi connectivity index (χ3v) is 6.97. The van der Waals surface area contributed by atoms with Crippen LogP contribution in [0.5, 0.6) is 23.0 Å². The van der Waals surface area contributed by atoms with Gasteiger partial charge in [-0.15, -0.1) is 0 Å². The number of nitrogens with one attached hydrogen (secondary N) is 1. The Kier molecular flexibility index (Phi) is 6.18. The maximum atomic E-state index is 14.0. The maximum Gasteiger partial charge on any atom is 0.254 e. The Hall–Kier alpha value is -4.20. The molecule has 3 aromatic rings. The van der Waals surface area contributed by atoms with Crippen molar-refractivity contribution < 1.29 is 28.5 Å². The van der Waals surface area contributed by atoms with Crippen LogP contribution < -0.4 is 24.3 Å². The van der Waals surface area contributed by atoms with Crippen LogP contribution in [0.1, 0.15) is 39.0 Å². The fraction of sp³-hybridized carbons (Fsp3) is 0.286. The van der Waals surface area contributed by atoms with Gasteiger partial charge in [-0.2, -0.15) is 0 Å². The third-order valence-electron chi connectivity index (χ3n) is 6.97. The van der Waals surface area contributed by atoms with Gasteiger partial charge in [-0.1, -0.05) is 18.2 Å². The van der Waals surface area contributed by atoms with Gasteiger partial charge in [0.25, 0.3) is 5.91 Å². The first-order chi connectivity index (χ1) is 17.5. The molecule has 0 saturated carbocycles. The Bertz CT molecular complexity index is 1340. The summed E-state index contributed by atoms with van der Waals surface area (Å²) in [5.74, 6) is 1.28. The number of hydrogen-bond acceptors (Lipinski definition) is 6. The summed E-state index contributed by atoms with van der Waals surface area (Å²) in [5, 5.41) is 3.04. The zero-order chi connectivity index (χ0) is 25.4. The van der Waals surface area contributed by atoms with Gasteiger partial charge in [0.15, 0.2) is 11.5 Å². The van der Waals surface area contributed by atoms with Crippen LogP contribution in [0.2, 0.25) is 0 Å². The molecule has 2 aliphatic heterocycles. The molecule has 0 bridgehead atoms. The summed E-state index contributed by atoms with van der Waals surface area (Å²) in [5.41, 5.74) is 3.62. The molecular weight excluding hydrogens is 460 g/mol. The molecule has 0 unspecified atom stereocenters. The van der Waals surface area contributed by atoms with Gasteiger partial charge < -0.3 is 29.2 Å². The summed E-state index contributed by atoms with van der Waals surface area (Å²) < 4.78 is 21.9. The molecule has 2 aliphatic rings. The minimum Gasteiger partial charge on any atom is -0.497 e. The second-order valence-electron chi connectivity index (χ2n) is 8.72. The highest BCUT2D eigenvalue weighted by atomic mass is 16.5. The van der Waals surface area contributed by atoms with E-state index in [0.717, 1.165) is 11.1 Å². The lowest BCUT2D eigenvalue weighted by molar-refractivity contribution is -0.119. The molecule has 36 heavy (non-hydrogen) atoms. The minimum atomic E-state index is -0.660. The van der Waals surface area contributed by atoms with Gasteiger partial charge in [-0.05, 0) is 53.4 Å². The van der Waals surface area contributed by atoms with Gasteiger partial charge in [-0.25, -0.2) is 0 Å². The Morgan fingerprint density at radius 3 is 2.31 bits per heavy atom. The summed E-state index contributed by atoms with van der Waals surface area (Å²) in [7, 11) is 6.28. The molecule has 8 nitrogen and oxygen atoms in total. The highest BCUT2D eigenvalue weighted by Crippen LogP contribution is 2.48. The number of carbonyl (C=O) groups excluding carboxylic acids is 2. The topological polar surface area (TPSA) is 86.3 Å². The zero-order valence-corrected chi connectivity index (χ0v) is 20.7. The number of methoxy groups -OCH3 is 4. The van der Waals surface area contributed by atoms with Gasteiger partial charge in [0.05, 0.1) is 46.1 Å². The fourth-order valence-electron chi connectivity index (χ4n) is 5.26. The summed E-state index contributed by atoms with van der Waals surface area (Å²) in [6.07, 6.45) is 0.651. The molecule has 2 amide bonds. The molecule has 0 aliphatic carbocycles. The molecule has 0 radical (unpaired) electrons. The smallest absolute Gasteiger partial charge is 0.254 e. The van der Waals surface area contributed by atoms with E-state index >= 15 is 0 Å². The van der Waals surface area contributed by atoms with Crippen LogP contribution in [0, 0.1) is 0 Å². The van der Waals surface area contributed by atoms with E-state index in [9.17, 15) is 9.59 Å². The lowest BCUT2D eigenvalue weighted by Gasteiger charge is -2.45. The summed E-state index contributed by atoms with van der Waals surface area (Å²) in [6, 6.07) is 15.9. The van der Waals surface area contributed by atoms with Crippen LogP contribution in [0.4, 0.5) is 5.69 Å². The SMILES string of the molecule is COc1ccc(OC)c(NC(=O)[C@H]2c3ccccc3C(=O)N3CCc4cc(OC)c(OC)cc4[C@H]23)c1. The van der Waals surface area contributed by atoms with E-state index in [4.69, 9.17) is 18.9 Å². The largest absolute Gasteiger partial charge is 0.497 e. The monoisotopic (exact) mass is 488 g/mol. The first-order valence-corrected chi connectivity index (χ1v) is 11.7. The molecule has 186 valence electrons. The van der Waals surface area contributed by atoms with Crippen molar-refractivity contribution in [2.45, 2.75) is 18.4 Å². The normalized spacial score (nSPS) is 17.9. The molecule has 2 heterocycles. The molecule has 0 fully saturated rings. The van der Waals surface area contributed by atoms with Crippen molar-refractivity contribution in [3.8, 4) is 23.0 Å². The number of rotatable bonds is 6. The van der Waals surface area contributed by atoms with Crippen LogP contribution in [0.25, 0.3) is 0 Å². The van der Waals surface area contributed by atoms with Crippen LogP contribution in [0.15, 0.2) is 54.6 Å². The number of amides is 2. The van der Waals surface area contributed by atoms with Gasteiger partial charge in [0, 0.05) is 18.2 Å². The minimum absolute atomic E-state index is 0.0842. The fourth-order valence-corrected chi connectivity index (χ4v) is 5.26. The number of hydrogen-bond donors (Lipinski definition) is 1. The molecule has 8 heteroatoms.